The molecule has 0 fully saturated rings. The van der Waals surface area contributed by atoms with E-state index in [1.165, 1.54) is 38.6 Å². The van der Waals surface area contributed by atoms with E-state index in [1.807, 2.05) is 0 Å². The van der Waals surface area contributed by atoms with Crippen LogP contribution >= 0.6 is 0 Å². The van der Waals surface area contributed by atoms with Gasteiger partial charge in [0.05, 0.1) is 35.0 Å². The second kappa shape index (κ2) is 8.48. The van der Waals surface area contributed by atoms with E-state index in [9.17, 15) is 30.2 Å². The SMILES string of the molecule is CN(C)/[N+]([O-])=N\Oc1cc(CC(=O)c2cccnc2)c([N+](=O)[O-])cc1[N+](=O)[O-]. The van der Waals surface area contributed by atoms with Gasteiger partial charge in [-0.2, -0.15) is 5.01 Å². The van der Waals surface area contributed by atoms with Gasteiger partial charge in [-0.05, 0) is 12.1 Å². The average molecular weight is 390 g/mol. The third kappa shape index (κ3) is 4.72. The summed E-state index contributed by atoms with van der Waals surface area (Å²) in [5.74, 6) is -1.01. The number of carbonyl (C=O) groups excluding carboxylic acids is 1. The van der Waals surface area contributed by atoms with Gasteiger partial charge in [0.25, 0.3) is 5.69 Å². The van der Waals surface area contributed by atoms with Crippen molar-refractivity contribution in [3.63, 3.8) is 0 Å². The Labute approximate surface area is 157 Å². The molecule has 0 aliphatic heterocycles. The Kier molecular flexibility index (Phi) is 6.11. The highest BCUT2D eigenvalue weighted by Gasteiger charge is 2.28. The molecule has 13 nitrogen and oxygen atoms in total. The average Bonchev–Trinajstić information content (AvgIpc) is 2.66. The molecule has 0 aliphatic rings. The van der Waals surface area contributed by atoms with E-state index in [4.69, 9.17) is 4.84 Å². The van der Waals surface area contributed by atoms with Crippen molar-refractivity contribution in [1.82, 2.24) is 9.99 Å². The number of carbonyl (C=O) groups is 1. The van der Waals surface area contributed by atoms with Crippen molar-refractivity contribution in [2.24, 2.45) is 5.28 Å². The van der Waals surface area contributed by atoms with E-state index >= 15 is 0 Å². The third-order valence-corrected chi connectivity index (χ3v) is 3.44. The highest BCUT2D eigenvalue weighted by Crippen LogP contribution is 2.35. The van der Waals surface area contributed by atoms with Crippen LogP contribution in [0.1, 0.15) is 15.9 Å². The monoisotopic (exact) mass is 390 g/mol. The van der Waals surface area contributed by atoms with Crippen molar-refractivity contribution in [1.29, 1.82) is 0 Å². The van der Waals surface area contributed by atoms with Crippen LogP contribution < -0.4 is 4.84 Å². The minimum Gasteiger partial charge on any atom is -0.569 e. The molecule has 0 saturated carbocycles. The van der Waals surface area contributed by atoms with Crippen LogP contribution in [0.2, 0.25) is 0 Å². The van der Waals surface area contributed by atoms with E-state index in [0.717, 1.165) is 11.1 Å². The van der Waals surface area contributed by atoms with Gasteiger partial charge in [0, 0.05) is 36.0 Å². The molecule has 0 spiro atoms. The van der Waals surface area contributed by atoms with Gasteiger partial charge >= 0.3 is 5.69 Å². The minimum absolute atomic E-state index is 0.00556. The first-order valence-corrected chi connectivity index (χ1v) is 7.62. The quantitative estimate of drug-likeness (QED) is 0.215. The number of benzene rings is 1. The van der Waals surface area contributed by atoms with E-state index in [-0.39, 0.29) is 16.1 Å². The molecule has 1 aromatic carbocycles. The molecule has 2 rings (SSSR count). The lowest BCUT2D eigenvalue weighted by Crippen LogP contribution is -2.21. The highest BCUT2D eigenvalue weighted by molar-refractivity contribution is 5.97. The largest absolute Gasteiger partial charge is 0.569 e. The fourth-order valence-corrected chi connectivity index (χ4v) is 2.08. The molecule has 0 unspecified atom stereocenters. The van der Waals surface area contributed by atoms with Crippen LogP contribution in [-0.4, -0.2) is 44.7 Å². The predicted octanol–water partition coefficient (Wildman–Crippen LogP) is 2.06. The zero-order valence-corrected chi connectivity index (χ0v) is 14.7. The normalized spacial score (nSPS) is 11.0. The second-order valence-corrected chi connectivity index (χ2v) is 5.58. The lowest BCUT2D eigenvalue weighted by molar-refractivity contribution is -0.695. The number of nitro groups is 2. The minimum atomic E-state index is -0.921. The molecule has 1 aromatic heterocycles. The molecule has 0 aliphatic carbocycles. The number of hydrogen-bond donors (Lipinski definition) is 0. The molecule has 2 aromatic rings. The van der Waals surface area contributed by atoms with Crippen molar-refractivity contribution >= 4 is 17.2 Å². The lowest BCUT2D eigenvalue weighted by Gasteiger charge is -2.07. The number of rotatable bonds is 8. The molecular formula is C15H14N6O7. The van der Waals surface area contributed by atoms with Gasteiger partial charge in [-0.3, -0.25) is 34.8 Å². The standard InChI is InChI=1S/C15H14N6O7/c1-18(2)21(27)17-28-15-7-11(6-14(22)10-4-3-5-16-9-10)12(19(23)24)8-13(15)20(25)26/h3-5,7-9H,6H2,1-2H3/b21-17+. The van der Waals surface area contributed by atoms with E-state index in [1.54, 1.807) is 0 Å². The smallest absolute Gasteiger partial charge is 0.321 e. The highest BCUT2D eigenvalue weighted by atomic mass is 16.7. The molecule has 0 bridgehead atoms. The number of nitro benzene ring substituents is 2. The molecule has 0 saturated heterocycles. The summed E-state index contributed by atoms with van der Waals surface area (Å²) in [5.41, 5.74) is -1.35. The zero-order chi connectivity index (χ0) is 20.8. The Bertz CT molecular complexity index is 945. The van der Waals surface area contributed by atoms with Gasteiger partial charge in [0.1, 0.15) is 0 Å². The topological polar surface area (TPSA) is 167 Å². The summed E-state index contributed by atoms with van der Waals surface area (Å²) in [6.45, 7) is 0. The summed E-state index contributed by atoms with van der Waals surface area (Å²) in [5, 5.41) is 38.1. The molecule has 1 heterocycles. The summed E-state index contributed by atoms with van der Waals surface area (Å²) in [6, 6.07) is 4.60. The Morgan fingerprint density at radius 2 is 1.86 bits per heavy atom. The predicted molar refractivity (Wildman–Crippen MR) is 92.4 cm³/mol. The van der Waals surface area contributed by atoms with Crippen LogP contribution in [0.15, 0.2) is 41.9 Å². The number of pyridine rings is 1. The first-order valence-electron chi connectivity index (χ1n) is 7.62. The van der Waals surface area contributed by atoms with Crippen molar-refractivity contribution in [3.05, 3.63) is 73.2 Å². The Balaban J connectivity index is 2.49. The molecule has 0 N–H and O–H groups in total. The third-order valence-electron chi connectivity index (χ3n) is 3.44. The second-order valence-electron chi connectivity index (χ2n) is 5.58. The molecule has 0 amide bonds. The Hall–Kier alpha value is -4.16. The van der Waals surface area contributed by atoms with E-state index in [2.05, 4.69) is 10.3 Å². The lowest BCUT2D eigenvalue weighted by atomic mass is 10.0. The Morgan fingerprint density at radius 3 is 2.39 bits per heavy atom. The number of hydrazine groups is 1. The number of ketones is 1. The molecule has 146 valence electrons. The van der Waals surface area contributed by atoms with Crippen LogP contribution in [-0.2, 0) is 6.42 Å². The van der Waals surface area contributed by atoms with Gasteiger partial charge < -0.3 is 5.21 Å². The number of nitrogens with zero attached hydrogens (tertiary/aromatic N) is 6. The Morgan fingerprint density at radius 1 is 1.18 bits per heavy atom. The van der Waals surface area contributed by atoms with Crippen LogP contribution in [0.25, 0.3) is 0 Å². The van der Waals surface area contributed by atoms with Crippen LogP contribution in [0.3, 0.4) is 0 Å². The zero-order valence-electron chi connectivity index (χ0n) is 14.7. The van der Waals surface area contributed by atoms with Crippen LogP contribution in [0, 0.1) is 25.4 Å². The first kappa shape index (κ1) is 20.2. The van der Waals surface area contributed by atoms with E-state index in [0.29, 0.717) is 6.07 Å². The maximum atomic E-state index is 12.3. The van der Waals surface area contributed by atoms with Crippen LogP contribution in [0.4, 0.5) is 11.4 Å². The molecule has 0 atom stereocenters. The summed E-state index contributed by atoms with van der Waals surface area (Å²) in [6.07, 6.45) is 2.31. The number of hydrogen-bond acceptors (Lipinski definition) is 9. The molecule has 0 radical (unpaired) electrons. The summed E-state index contributed by atoms with van der Waals surface area (Å²) in [4.78, 5) is 41.7. The fraction of sp³-hybridized carbons (Fsp3) is 0.200. The molecule has 28 heavy (non-hydrogen) atoms. The fourth-order valence-electron chi connectivity index (χ4n) is 2.08. The summed E-state index contributed by atoms with van der Waals surface area (Å²) in [7, 11) is 2.70. The van der Waals surface area contributed by atoms with Crippen molar-refractivity contribution in [2.75, 3.05) is 14.1 Å². The summed E-state index contributed by atoms with van der Waals surface area (Å²) >= 11 is 0. The van der Waals surface area contributed by atoms with Gasteiger partial charge in [-0.1, -0.05) is 0 Å². The van der Waals surface area contributed by atoms with Gasteiger partial charge in [-0.25, -0.2) is 0 Å². The number of Topliss-reactive ketones (excluding diaryl/α,β-unsaturated/α-hetero) is 1. The van der Waals surface area contributed by atoms with E-state index < -0.39 is 39.2 Å². The number of aromatic nitrogens is 1. The summed E-state index contributed by atoms with van der Waals surface area (Å²) < 4.78 is 0. The van der Waals surface area contributed by atoms with Gasteiger partial charge in [0.15, 0.2) is 5.78 Å². The van der Waals surface area contributed by atoms with Crippen molar-refractivity contribution in [2.45, 2.75) is 6.42 Å². The van der Waals surface area contributed by atoms with Gasteiger partial charge in [-0.15, -0.1) is 0 Å². The van der Waals surface area contributed by atoms with Gasteiger partial charge in [0.2, 0.25) is 11.0 Å². The van der Waals surface area contributed by atoms with Crippen molar-refractivity contribution < 1.29 is 24.4 Å². The maximum absolute atomic E-state index is 12.3. The maximum Gasteiger partial charge on any atom is 0.321 e. The first-order chi connectivity index (χ1) is 13.2. The molecule has 13 heteroatoms. The van der Waals surface area contributed by atoms with Crippen molar-refractivity contribution in [3.8, 4) is 5.75 Å². The van der Waals surface area contributed by atoms with Crippen LogP contribution in [0.5, 0.6) is 5.75 Å². The molecular weight excluding hydrogens is 376 g/mol.